The molecule has 1 saturated heterocycles. The standard InChI is InChI=1S/C19H28N4O/c1-15(2)11-19-20-18(21-24-19)14-23-9-7-22(8-10-23)13-17-6-4-5-16(3)12-17/h4-6,12,15H,7-11,13-14H2,1-3H3. The van der Waals surface area contributed by atoms with E-state index in [0.717, 1.165) is 57.4 Å². The van der Waals surface area contributed by atoms with Crippen molar-refractivity contribution in [1.29, 1.82) is 0 Å². The zero-order chi connectivity index (χ0) is 16.9. The minimum atomic E-state index is 0.545. The van der Waals surface area contributed by atoms with E-state index in [-0.39, 0.29) is 0 Å². The Bertz CT molecular complexity index is 644. The minimum Gasteiger partial charge on any atom is -0.339 e. The molecule has 0 radical (unpaired) electrons. The first-order chi connectivity index (χ1) is 11.6. The number of aromatic nitrogens is 2. The zero-order valence-electron chi connectivity index (χ0n) is 15.0. The Kier molecular flexibility index (Phi) is 5.63. The van der Waals surface area contributed by atoms with Crippen molar-refractivity contribution < 1.29 is 4.52 Å². The summed E-state index contributed by atoms with van der Waals surface area (Å²) in [6, 6.07) is 8.79. The van der Waals surface area contributed by atoms with Crippen LogP contribution in [0.2, 0.25) is 0 Å². The number of piperazine rings is 1. The number of rotatable bonds is 6. The molecule has 0 spiro atoms. The summed E-state index contributed by atoms with van der Waals surface area (Å²) in [4.78, 5) is 9.44. The first-order valence-corrected chi connectivity index (χ1v) is 8.90. The van der Waals surface area contributed by atoms with E-state index in [4.69, 9.17) is 4.52 Å². The minimum absolute atomic E-state index is 0.545. The van der Waals surface area contributed by atoms with Gasteiger partial charge in [0.2, 0.25) is 5.89 Å². The molecule has 0 atom stereocenters. The van der Waals surface area contributed by atoms with E-state index < -0.39 is 0 Å². The van der Waals surface area contributed by atoms with Crippen molar-refractivity contribution in [3.8, 4) is 0 Å². The molecule has 0 N–H and O–H groups in total. The molecule has 1 aromatic carbocycles. The Balaban J connectivity index is 1.46. The van der Waals surface area contributed by atoms with Crippen molar-refractivity contribution in [3.63, 3.8) is 0 Å². The normalized spacial score (nSPS) is 16.8. The maximum absolute atomic E-state index is 5.33. The van der Waals surface area contributed by atoms with Gasteiger partial charge < -0.3 is 4.52 Å². The summed E-state index contributed by atoms with van der Waals surface area (Å²) in [5.41, 5.74) is 2.74. The third-order valence-corrected chi connectivity index (χ3v) is 4.41. The van der Waals surface area contributed by atoms with Crippen LogP contribution >= 0.6 is 0 Å². The molecule has 24 heavy (non-hydrogen) atoms. The molecule has 0 aliphatic carbocycles. The number of hydrogen-bond acceptors (Lipinski definition) is 5. The molecule has 0 amide bonds. The van der Waals surface area contributed by atoms with Crippen molar-refractivity contribution in [2.24, 2.45) is 5.92 Å². The summed E-state index contributed by atoms with van der Waals surface area (Å²) >= 11 is 0. The largest absolute Gasteiger partial charge is 0.339 e. The van der Waals surface area contributed by atoms with Gasteiger partial charge in [0, 0.05) is 39.1 Å². The first kappa shape index (κ1) is 17.1. The number of nitrogens with zero attached hydrogens (tertiary/aromatic N) is 4. The smallest absolute Gasteiger partial charge is 0.226 e. The SMILES string of the molecule is Cc1cccc(CN2CCN(Cc3noc(CC(C)C)n3)CC2)c1. The molecule has 5 heteroatoms. The maximum atomic E-state index is 5.33. The van der Waals surface area contributed by atoms with Crippen LogP contribution in [0.3, 0.4) is 0 Å². The summed E-state index contributed by atoms with van der Waals surface area (Å²) in [6.45, 7) is 12.6. The second-order valence-electron chi connectivity index (χ2n) is 7.24. The lowest BCUT2D eigenvalue weighted by molar-refractivity contribution is 0.119. The molecule has 2 aromatic rings. The Hall–Kier alpha value is -1.72. The van der Waals surface area contributed by atoms with E-state index in [1.807, 2.05) is 0 Å². The molecule has 3 rings (SSSR count). The molecular formula is C19H28N4O. The number of aryl methyl sites for hydroxylation is 1. The Morgan fingerprint density at radius 1 is 1.08 bits per heavy atom. The van der Waals surface area contributed by atoms with E-state index in [2.05, 4.69) is 65.0 Å². The molecule has 1 fully saturated rings. The van der Waals surface area contributed by atoms with Crippen LogP contribution in [0.4, 0.5) is 0 Å². The molecular weight excluding hydrogens is 300 g/mol. The van der Waals surface area contributed by atoms with E-state index in [1.54, 1.807) is 0 Å². The highest BCUT2D eigenvalue weighted by molar-refractivity contribution is 5.22. The van der Waals surface area contributed by atoms with Crippen molar-refractivity contribution in [3.05, 3.63) is 47.1 Å². The topological polar surface area (TPSA) is 45.4 Å². The van der Waals surface area contributed by atoms with Gasteiger partial charge in [-0.1, -0.05) is 48.8 Å². The molecule has 0 saturated carbocycles. The fraction of sp³-hybridized carbons (Fsp3) is 0.579. The van der Waals surface area contributed by atoms with Gasteiger partial charge in [-0.25, -0.2) is 0 Å². The highest BCUT2D eigenvalue weighted by Gasteiger charge is 2.19. The molecule has 1 aliphatic rings. The van der Waals surface area contributed by atoms with Crippen molar-refractivity contribution >= 4 is 0 Å². The van der Waals surface area contributed by atoms with Crippen LogP contribution in [0, 0.1) is 12.8 Å². The highest BCUT2D eigenvalue weighted by Crippen LogP contribution is 2.12. The van der Waals surface area contributed by atoms with Crippen LogP contribution in [0.1, 0.15) is 36.7 Å². The highest BCUT2D eigenvalue weighted by atomic mass is 16.5. The lowest BCUT2D eigenvalue weighted by Crippen LogP contribution is -2.45. The Morgan fingerprint density at radius 3 is 2.46 bits per heavy atom. The fourth-order valence-electron chi connectivity index (χ4n) is 3.16. The Morgan fingerprint density at radius 2 is 1.79 bits per heavy atom. The Labute approximate surface area is 144 Å². The van der Waals surface area contributed by atoms with Crippen molar-refractivity contribution in [1.82, 2.24) is 19.9 Å². The molecule has 130 valence electrons. The molecule has 1 aliphatic heterocycles. The van der Waals surface area contributed by atoms with Gasteiger partial charge in [-0.3, -0.25) is 9.80 Å². The molecule has 0 bridgehead atoms. The lowest BCUT2D eigenvalue weighted by Gasteiger charge is -2.34. The summed E-state index contributed by atoms with van der Waals surface area (Å²) in [5.74, 6) is 2.12. The van der Waals surface area contributed by atoms with Gasteiger partial charge in [0.1, 0.15) is 0 Å². The average molecular weight is 328 g/mol. The van der Waals surface area contributed by atoms with Gasteiger partial charge in [-0.2, -0.15) is 4.98 Å². The lowest BCUT2D eigenvalue weighted by atomic mass is 10.1. The fourth-order valence-corrected chi connectivity index (χ4v) is 3.16. The molecule has 2 heterocycles. The van der Waals surface area contributed by atoms with Gasteiger partial charge in [-0.05, 0) is 18.4 Å². The van der Waals surface area contributed by atoms with Crippen molar-refractivity contribution in [2.45, 2.75) is 40.3 Å². The zero-order valence-corrected chi connectivity index (χ0v) is 15.0. The predicted molar refractivity (Wildman–Crippen MR) is 94.6 cm³/mol. The van der Waals surface area contributed by atoms with Gasteiger partial charge in [0.25, 0.3) is 0 Å². The van der Waals surface area contributed by atoms with E-state index in [1.165, 1.54) is 11.1 Å². The van der Waals surface area contributed by atoms with E-state index >= 15 is 0 Å². The van der Waals surface area contributed by atoms with Crippen LogP contribution < -0.4 is 0 Å². The first-order valence-electron chi connectivity index (χ1n) is 8.90. The quantitative estimate of drug-likeness (QED) is 0.816. The monoisotopic (exact) mass is 328 g/mol. The summed E-state index contributed by atoms with van der Waals surface area (Å²) < 4.78 is 5.33. The van der Waals surface area contributed by atoms with E-state index in [9.17, 15) is 0 Å². The molecule has 1 aromatic heterocycles. The summed E-state index contributed by atoms with van der Waals surface area (Å²) in [6.07, 6.45) is 0.858. The second-order valence-corrected chi connectivity index (χ2v) is 7.24. The summed E-state index contributed by atoms with van der Waals surface area (Å²) in [7, 11) is 0. The third-order valence-electron chi connectivity index (χ3n) is 4.41. The van der Waals surface area contributed by atoms with Gasteiger partial charge in [-0.15, -0.1) is 0 Å². The van der Waals surface area contributed by atoms with Crippen molar-refractivity contribution in [2.75, 3.05) is 26.2 Å². The van der Waals surface area contributed by atoms with Crippen LogP contribution in [-0.2, 0) is 19.5 Å². The van der Waals surface area contributed by atoms with Crippen LogP contribution in [0.25, 0.3) is 0 Å². The average Bonchev–Trinajstić information content (AvgIpc) is 2.95. The van der Waals surface area contributed by atoms with Crippen LogP contribution in [0.15, 0.2) is 28.8 Å². The van der Waals surface area contributed by atoms with Crippen LogP contribution in [-0.4, -0.2) is 46.1 Å². The predicted octanol–water partition coefficient (Wildman–Crippen LogP) is 2.89. The molecule has 0 unspecified atom stereocenters. The maximum Gasteiger partial charge on any atom is 0.226 e. The number of hydrogen-bond donors (Lipinski definition) is 0. The van der Waals surface area contributed by atoms with Crippen LogP contribution in [0.5, 0.6) is 0 Å². The van der Waals surface area contributed by atoms with Gasteiger partial charge in [0.05, 0.1) is 6.54 Å². The van der Waals surface area contributed by atoms with Gasteiger partial charge >= 0.3 is 0 Å². The third kappa shape index (κ3) is 4.89. The summed E-state index contributed by atoms with van der Waals surface area (Å²) in [5, 5.41) is 4.12. The second kappa shape index (κ2) is 7.90. The van der Waals surface area contributed by atoms with E-state index in [0.29, 0.717) is 5.92 Å². The van der Waals surface area contributed by atoms with Gasteiger partial charge in [0.15, 0.2) is 5.82 Å². The number of benzene rings is 1. The molecule has 5 nitrogen and oxygen atoms in total.